The van der Waals surface area contributed by atoms with E-state index >= 15 is 0 Å². The minimum atomic E-state index is 0.0710. The molecule has 0 bridgehead atoms. The van der Waals surface area contributed by atoms with Crippen LogP contribution in [0.1, 0.15) is 16.8 Å². The lowest BCUT2D eigenvalue weighted by atomic mass is 10.1. The van der Waals surface area contributed by atoms with Crippen molar-refractivity contribution in [3.8, 4) is 0 Å². The first-order valence-corrected chi connectivity index (χ1v) is 7.84. The van der Waals surface area contributed by atoms with Gasteiger partial charge in [-0.05, 0) is 22.4 Å². The van der Waals surface area contributed by atoms with Crippen LogP contribution in [-0.4, -0.2) is 47.6 Å². The van der Waals surface area contributed by atoms with E-state index in [4.69, 9.17) is 9.15 Å². The number of nitrogens with zero attached hydrogens (tertiary/aromatic N) is 1. The summed E-state index contributed by atoms with van der Waals surface area (Å²) in [7, 11) is 0. The molecule has 4 nitrogen and oxygen atoms in total. The highest BCUT2D eigenvalue weighted by molar-refractivity contribution is 9.10. The monoisotopic (exact) mass is 331 g/mol. The zero-order valence-corrected chi connectivity index (χ0v) is 12.2. The summed E-state index contributed by atoms with van der Waals surface area (Å²) in [5, 5.41) is 0.423. The third kappa shape index (κ3) is 2.33. The largest absolute Gasteiger partial charge is 0.457 e. The number of halogens is 1. The molecule has 2 aliphatic rings. The zero-order valence-electron chi connectivity index (χ0n) is 9.80. The van der Waals surface area contributed by atoms with E-state index in [-0.39, 0.29) is 5.91 Å². The van der Waals surface area contributed by atoms with Crippen LogP contribution in [-0.2, 0) is 4.74 Å². The first-order chi connectivity index (χ1) is 8.75. The van der Waals surface area contributed by atoms with E-state index in [0.29, 0.717) is 21.5 Å². The van der Waals surface area contributed by atoms with Crippen molar-refractivity contribution in [2.24, 2.45) is 0 Å². The smallest absolute Gasteiger partial charge is 0.257 e. The second-order valence-electron chi connectivity index (χ2n) is 4.48. The van der Waals surface area contributed by atoms with E-state index in [1.165, 1.54) is 6.26 Å². The Kier molecular flexibility index (Phi) is 3.68. The lowest BCUT2D eigenvalue weighted by molar-refractivity contribution is 0.0319. The molecule has 0 radical (unpaired) electrons. The molecule has 6 heteroatoms. The van der Waals surface area contributed by atoms with Crippen molar-refractivity contribution in [3.05, 3.63) is 22.6 Å². The summed E-state index contributed by atoms with van der Waals surface area (Å²) in [4.78, 5) is 14.5. The number of amides is 1. The summed E-state index contributed by atoms with van der Waals surface area (Å²) in [5.74, 6) is 1.05. The number of hydrogen-bond donors (Lipinski definition) is 0. The van der Waals surface area contributed by atoms with Gasteiger partial charge in [-0.1, -0.05) is 0 Å². The highest BCUT2D eigenvalue weighted by Crippen LogP contribution is 2.31. The second-order valence-corrected chi connectivity index (χ2v) is 6.61. The summed E-state index contributed by atoms with van der Waals surface area (Å²) in [5.41, 5.74) is 0.624. The second kappa shape index (κ2) is 5.27. The van der Waals surface area contributed by atoms with Crippen LogP contribution in [0.25, 0.3) is 0 Å². The summed E-state index contributed by atoms with van der Waals surface area (Å²) in [6.07, 6.45) is 2.45. The lowest BCUT2D eigenvalue weighted by Crippen LogP contribution is -2.54. The minimum Gasteiger partial charge on any atom is -0.457 e. The molecule has 0 spiro atoms. The maximum Gasteiger partial charge on any atom is 0.257 e. The van der Waals surface area contributed by atoms with E-state index in [9.17, 15) is 4.79 Å². The van der Waals surface area contributed by atoms with E-state index in [0.717, 1.165) is 31.9 Å². The molecular weight excluding hydrogens is 318 g/mol. The predicted molar refractivity (Wildman–Crippen MR) is 72.9 cm³/mol. The number of carbonyl (C=O) groups excluding carboxylic acids is 1. The average molecular weight is 332 g/mol. The molecule has 2 aliphatic heterocycles. The normalized spacial score (nSPS) is 27.9. The van der Waals surface area contributed by atoms with Gasteiger partial charge in [0, 0.05) is 36.3 Å². The molecule has 1 amide bonds. The van der Waals surface area contributed by atoms with Gasteiger partial charge in [0.05, 0.1) is 12.2 Å². The Hall–Kier alpha value is -0.460. The molecule has 0 saturated carbocycles. The lowest BCUT2D eigenvalue weighted by Gasteiger charge is -2.43. The van der Waals surface area contributed by atoms with Crippen molar-refractivity contribution in [1.82, 2.24) is 4.90 Å². The van der Waals surface area contributed by atoms with Gasteiger partial charge in [0.25, 0.3) is 5.91 Å². The van der Waals surface area contributed by atoms with Gasteiger partial charge in [-0.3, -0.25) is 4.79 Å². The highest BCUT2D eigenvalue weighted by Gasteiger charge is 2.37. The van der Waals surface area contributed by atoms with E-state index in [2.05, 4.69) is 15.9 Å². The number of furan rings is 1. The van der Waals surface area contributed by atoms with Crippen molar-refractivity contribution in [1.29, 1.82) is 0 Å². The van der Waals surface area contributed by atoms with Crippen molar-refractivity contribution in [3.63, 3.8) is 0 Å². The summed E-state index contributed by atoms with van der Waals surface area (Å²) in [6.45, 7) is 2.32. The van der Waals surface area contributed by atoms with Gasteiger partial charge in [0.2, 0.25) is 0 Å². The molecule has 2 atom stereocenters. The number of thioether (sulfide) groups is 1. The van der Waals surface area contributed by atoms with Crippen LogP contribution in [0.4, 0.5) is 0 Å². The van der Waals surface area contributed by atoms with Gasteiger partial charge in [0.1, 0.15) is 6.26 Å². The number of ether oxygens (including phenoxy) is 1. The van der Waals surface area contributed by atoms with Gasteiger partial charge in [0.15, 0.2) is 4.67 Å². The molecule has 3 heterocycles. The topological polar surface area (TPSA) is 42.7 Å². The Labute approximate surface area is 118 Å². The van der Waals surface area contributed by atoms with E-state index in [1.54, 1.807) is 6.07 Å². The molecule has 98 valence electrons. The maximum atomic E-state index is 12.5. The minimum absolute atomic E-state index is 0.0710. The van der Waals surface area contributed by atoms with Gasteiger partial charge in [-0.25, -0.2) is 0 Å². The number of rotatable bonds is 1. The van der Waals surface area contributed by atoms with Gasteiger partial charge in [-0.15, -0.1) is 0 Å². The molecule has 3 rings (SSSR count). The molecule has 1 aromatic heterocycles. The number of fused-ring (bicyclic) bond motifs is 1. The third-order valence-corrected chi connectivity index (χ3v) is 5.12. The molecule has 0 N–H and O–H groups in total. The maximum absolute atomic E-state index is 12.5. The Bertz CT molecular complexity index is 448. The van der Waals surface area contributed by atoms with Gasteiger partial charge < -0.3 is 14.1 Å². The number of carbonyl (C=O) groups is 1. The highest BCUT2D eigenvalue weighted by atomic mass is 79.9. The third-order valence-electron chi connectivity index (χ3n) is 3.41. The Balaban J connectivity index is 1.79. The SMILES string of the molecule is O=C(c1coc(Br)c1)N1CCS[C@@H]2COCC[C@H]21. The fraction of sp³-hybridized carbons (Fsp3) is 0.583. The molecule has 2 fully saturated rings. The van der Waals surface area contributed by atoms with Crippen LogP contribution in [0.5, 0.6) is 0 Å². The molecule has 2 saturated heterocycles. The van der Waals surface area contributed by atoms with Crippen LogP contribution in [0.3, 0.4) is 0 Å². The first-order valence-electron chi connectivity index (χ1n) is 6.00. The molecule has 0 aliphatic carbocycles. The average Bonchev–Trinajstić information content (AvgIpc) is 2.84. The van der Waals surface area contributed by atoms with Crippen molar-refractivity contribution in [2.75, 3.05) is 25.5 Å². The Morgan fingerprint density at radius 2 is 2.44 bits per heavy atom. The zero-order chi connectivity index (χ0) is 12.5. The van der Waals surface area contributed by atoms with Crippen LogP contribution in [0, 0.1) is 0 Å². The van der Waals surface area contributed by atoms with Crippen molar-refractivity contribution in [2.45, 2.75) is 17.7 Å². The fourth-order valence-electron chi connectivity index (χ4n) is 2.52. The van der Waals surface area contributed by atoms with Gasteiger partial charge >= 0.3 is 0 Å². The van der Waals surface area contributed by atoms with Crippen LogP contribution < -0.4 is 0 Å². The standard InChI is InChI=1S/C12H14BrNO3S/c13-11-5-8(6-17-11)12(15)14-2-4-18-10-7-16-3-1-9(10)14/h5-6,9-10H,1-4,7H2/t9-,10-/m1/s1. The summed E-state index contributed by atoms with van der Waals surface area (Å²) >= 11 is 5.15. The van der Waals surface area contributed by atoms with Crippen molar-refractivity contribution >= 4 is 33.6 Å². The Morgan fingerprint density at radius 3 is 3.22 bits per heavy atom. The quantitative estimate of drug-likeness (QED) is 0.792. The van der Waals surface area contributed by atoms with Crippen molar-refractivity contribution < 1.29 is 13.9 Å². The van der Waals surface area contributed by atoms with Crippen LogP contribution in [0.15, 0.2) is 21.4 Å². The molecular formula is C12H14BrNO3S. The van der Waals surface area contributed by atoms with Crippen LogP contribution >= 0.6 is 27.7 Å². The van der Waals surface area contributed by atoms with E-state index < -0.39 is 0 Å². The summed E-state index contributed by atoms with van der Waals surface area (Å²) < 4.78 is 11.2. The molecule has 18 heavy (non-hydrogen) atoms. The summed E-state index contributed by atoms with van der Waals surface area (Å²) in [6, 6.07) is 2.04. The molecule has 0 aromatic carbocycles. The Morgan fingerprint density at radius 1 is 1.56 bits per heavy atom. The molecule has 0 unspecified atom stereocenters. The first kappa shape index (κ1) is 12.6. The predicted octanol–water partition coefficient (Wildman–Crippen LogP) is 2.39. The van der Waals surface area contributed by atoms with E-state index in [1.807, 2.05) is 16.7 Å². The molecule has 1 aromatic rings. The van der Waals surface area contributed by atoms with Gasteiger partial charge in [-0.2, -0.15) is 11.8 Å². The number of hydrogen-bond acceptors (Lipinski definition) is 4. The fourth-order valence-corrected chi connectivity index (χ4v) is 4.17. The van der Waals surface area contributed by atoms with Crippen LogP contribution in [0.2, 0.25) is 0 Å².